The summed E-state index contributed by atoms with van der Waals surface area (Å²) in [6.07, 6.45) is 7.03. The van der Waals surface area contributed by atoms with Crippen molar-refractivity contribution in [1.29, 1.82) is 0 Å². The minimum atomic E-state index is 0.579. The summed E-state index contributed by atoms with van der Waals surface area (Å²) >= 11 is 0. The number of nitrogens with zero attached hydrogens (tertiary/aromatic N) is 1. The topological polar surface area (TPSA) is 27.3 Å². The zero-order chi connectivity index (χ0) is 12.1. The Morgan fingerprint density at radius 1 is 1.24 bits per heavy atom. The van der Waals surface area contributed by atoms with Crippen molar-refractivity contribution in [2.24, 2.45) is 11.3 Å². The molecule has 17 heavy (non-hydrogen) atoms. The molecule has 1 aliphatic heterocycles. The SMILES string of the molecule is CNCC1(CNCC2CCCN(C)C2)CCC1. The fourth-order valence-corrected chi connectivity index (χ4v) is 3.45. The summed E-state index contributed by atoms with van der Waals surface area (Å²) in [5, 5.41) is 7.09. The minimum absolute atomic E-state index is 0.579. The van der Waals surface area contributed by atoms with Crippen molar-refractivity contribution in [3.8, 4) is 0 Å². The second-order valence-corrected chi connectivity index (χ2v) is 6.29. The molecular weight excluding hydrogens is 210 g/mol. The van der Waals surface area contributed by atoms with Gasteiger partial charge < -0.3 is 15.5 Å². The Bertz CT molecular complexity index is 226. The van der Waals surface area contributed by atoms with Crippen LogP contribution in [0.15, 0.2) is 0 Å². The highest BCUT2D eigenvalue weighted by molar-refractivity contribution is 4.91. The van der Waals surface area contributed by atoms with E-state index in [2.05, 4.69) is 29.6 Å². The Morgan fingerprint density at radius 3 is 2.65 bits per heavy atom. The molecule has 1 saturated carbocycles. The molecule has 1 aliphatic carbocycles. The predicted molar refractivity (Wildman–Crippen MR) is 73.3 cm³/mol. The van der Waals surface area contributed by atoms with Gasteiger partial charge in [-0.3, -0.25) is 0 Å². The molecule has 0 spiro atoms. The van der Waals surface area contributed by atoms with Gasteiger partial charge in [0.1, 0.15) is 0 Å². The number of hydrogen-bond donors (Lipinski definition) is 2. The molecule has 0 amide bonds. The van der Waals surface area contributed by atoms with Crippen LogP contribution >= 0.6 is 0 Å². The van der Waals surface area contributed by atoms with Gasteiger partial charge in [-0.15, -0.1) is 0 Å². The maximum Gasteiger partial charge on any atom is 0.00201 e. The van der Waals surface area contributed by atoms with E-state index in [0.717, 1.165) is 5.92 Å². The van der Waals surface area contributed by atoms with Gasteiger partial charge in [-0.25, -0.2) is 0 Å². The predicted octanol–water partition coefficient (Wildman–Crippen LogP) is 1.31. The quantitative estimate of drug-likeness (QED) is 0.732. The third kappa shape index (κ3) is 3.67. The fourth-order valence-electron chi connectivity index (χ4n) is 3.45. The molecule has 0 radical (unpaired) electrons. The lowest BCUT2D eigenvalue weighted by Crippen LogP contribution is -2.48. The zero-order valence-corrected chi connectivity index (χ0v) is 11.6. The number of nitrogens with one attached hydrogen (secondary N) is 2. The van der Waals surface area contributed by atoms with Crippen LogP contribution in [0.4, 0.5) is 0 Å². The van der Waals surface area contributed by atoms with Crippen LogP contribution in [0, 0.1) is 11.3 Å². The molecule has 1 saturated heterocycles. The molecule has 0 aromatic heterocycles. The summed E-state index contributed by atoms with van der Waals surface area (Å²) in [7, 11) is 4.33. The molecule has 0 aromatic carbocycles. The van der Waals surface area contributed by atoms with Gasteiger partial charge in [0.15, 0.2) is 0 Å². The normalized spacial score (nSPS) is 28.9. The van der Waals surface area contributed by atoms with E-state index in [0.29, 0.717) is 5.41 Å². The lowest BCUT2D eigenvalue weighted by molar-refractivity contribution is 0.123. The molecule has 3 nitrogen and oxygen atoms in total. The molecule has 2 fully saturated rings. The summed E-state index contributed by atoms with van der Waals surface area (Å²) in [6, 6.07) is 0. The average molecular weight is 239 g/mol. The van der Waals surface area contributed by atoms with E-state index in [1.165, 1.54) is 64.8 Å². The molecule has 0 bridgehead atoms. The van der Waals surface area contributed by atoms with Gasteiger partial charge in [0.05, 0.1) is 0 Å². The number of likely N-dealkylation sites (tertiary alicyclic amines) is 1. The van der Waals surface area contributed by atoms with E-state index in [4.69, 9.17) is 0 Å². The van der Waals surface area contributed by atoms with Crippen molar-refractivity contribution in [2.75, 3.05) is 46.8 Å². The molecule has 2 rings (SSSR count). The molecule has 2 N–H and O–H groups in total. The smallest absolute Gasteiger partial charge is 0.00201 e. The fraction of sp³-hybridized carbons (Fsp3) is 1.00. The van der Waals surface area contributed by atoms with E-state index >= 15 is 0 Å². The zero-order valence-electron chi connectivity index (χ0n) is 11.6. The first-order chi connectivity index (χ1) is 8.24. The molecule has 1 unspecified atom stereocenters. The standard InChI is InChI=1S/C14H29N3/c1-15-11-14(6-4-7-14)12-16-9-13-5-3-8-17(2)10-13/h13,15-16H,3-12H2,1-2H3. The van der Waals surface area contributed by atoms with Gasteiger partial charge in [0, 0.05) is 19.6 Å². The summed E-state index contributed by atoms with van der Waals surface area (Å²) in [4.78, 5) is 2.47. The van der Waals surface area contributed by atoms with Crippen molar-refractivity contribution < 1.29 is 0 Å². The first kappa shape index (κ1) is 13.3. The van der Waals surface area contributed by atoms with Crippen molar-refractivity contribution >= 4 is 0 Å². The Balaban J connectivity index is 1.64. The number of rotatable bonds is 6. The van der Waals surface area contributed by atoms with Crippen molar-refractivity contribution in [2.45, 2.75) is 32.1 Å². The van der Waals surface area contributed by atoms with Gasteiger partial charge in [-0.05, 0) is 64.2 Å². The van der Waals surface area contributed by atoms with Crippen molar-refractivity contribution in [1.82, 2.24) is 15.5 Å². The monoisotopic (exact) mass is 239 g/mol. The van der Waals surface area contributed by atoms with Crippen LogP contribution in [0.5, 0.6) is 0 Å². The van der Waals surface area contributed by atoms with E-state index in [1.807, 2.05) is 0 Å². The third-order valence-corrected chi connectivity index (χ3v) is 4.62. The third-order valence-electron chi connectivity index (χ3n) is 4.62. The van der Waals surface area contributed by atoms with Gasteiger partial charge in [0.2, 0.25) is 0 Å². The molecular formula is C14H29N3. The first-order valence-corrected chi connectivity index (χ1v) is 7.28. The number of piperidine rings is 1. The highest BCUT2D eigenvalue weighted by Crippen LogP contribution is 2.39. The van der Waals surface area contributed by atoms with Gasteiger partial charge >= 0.3 is 0 Å². The Labute approximate surface area is 106 Å². The molecule has 1 heterocycles. The lowest BCUT2D eigenvalue weighted by atomic mass is 9.68. The summed E-state index contributed by atoms with van der Waals surface area (Å²) in [5.74, 6) is 0.875. The van der Waals surface area contributed by atoms with E-state index in [9.17, 15) is 0 Å². The van der Waals surface area contributed by atoms with E-state index in [1.54, 1.807) is 0 Å². The van der Waals surface area contributed by atoms with Crippen molar-refractivity contribution in [3.05, 3.63) is 0 Å². The molecule has 2 aliphatic rings. The second-order valence-electron chi connectivity index (χ2n) is 6.29. The van der Waals surface area contributed by atoms with Gasteiger partial charge in [-0.1, -0.05) is 6.42 Å². The van der Waals surface area contributed by atoms with Crippen LogP contribution in [0.2, 0.25) is 0 Å². The molecule has 0 aromatic rings. The Kier molecular flexibility index (Phi) is 4.83. The second kappa shape index (κ2) is 6.17. The number of hydrogen-bond acceptors (Lipinski definition) is 3. The molecule has 3 heteroatoms. The minimum Gasteiger partial charge on any atom is -0.319 e. The summed E-state index contributed by atoms with van der Waals surface area (Å²) in [5.41, 5.74) is 0.579. The maximum absolute atomic E-state index is 3.74. The van der Waals surface area contributed by atoms with Crippen LogP contribution in [-0.4, -0.2) is 51.7 Å². The van der Waals surface area contributed by atoms with E-state index < -0.39 is 0 Å². The lowest BCUT2D eigenvalue weighted by Gasteiger charge is -2.42. The van der Waals surface area contributed by atoms with E-state index in [-0.39, 0.29) is 0 Å². The average Bonchev–Trinajstić information content (AvgIpc) is 2.26. The first-order valence-electron chi connectivity index (χ1n) is 7.28. The van der Waals surface area contributed by atoms with Crippen LogP contribution in [0.25, 0.3) is 0 Å². The highest BCUT2D eigenvalue weighted by atomic mass is 15.1. The van der Waals surface area contributed by atoms with Crippen LogP contribution in [0.1, 0.15) is 32.1 Å². The highest BCUT2D eigenvalue weighted by Gasteiger charge is 2.35. The molecule has 100 valence electrons. The maximum atomic E-state index is 3.74. The largest absolute Gasteiger partial charge is 0.319 e. The van der Waals surface area contributed by atoms with Crippen LogP contribution in [-0.2, 0) is 0 Å². The van der Waals surface area contributed by atoms with Crippen LogP contribution < -0.4 is 10.6 Å². The van der Waals surface area contributed by atoms with Crippen LogP contribution in [0.3, 0.4) is 0 Å². The van der Waals surface area contributed by atoms with Gasteiger partial charge in [-0.2, -0.15) is 0 Å². The summed E-state index contributed by atoms with van der Waals surface area (Å²) < 4.78 is 0. The van der Waals surface area contributed by atoms with Gasteiger partial charge in [0.25, 0.3) is 0 Å². The summed E-state index contributed by atoms with van der Waals surface area (Å²) in [6.45, 7) is 6.20. The Morgan fingerprint density at radius 2 is 2.06 bits per heavy atom. The Hall–Kier alpha value is -0.120. The molecule has 1 atom stereocenters. The van der Waals surface area contributed by atoms with Crippen molar-refractivity contribution in [3.63, 3.8) is 0 Å².